The number of pyridine rings is 1. The fourth-order valence-corrected chi connectivity index (χ4v) is 4.90. The van der Waals surface area contributed by atoms with Crippen molar-refractivity contribution in [2.75, 3.05) is 10.6 Å². The first kappa shape index (κ1) is 26.6. The second-order valence-corrected chi connectivity index (χ2v) is 9.61. The van der Waals surface area contributed by atoms with E-state index >= 15 is 0 Å². The molecule has 0 spiro atoms. The van der Waals surface area contributed by atoms with Crippen LogP contribution in [-0.4, -0.2) is 27.9 Å². The third-order valence-corrected chi connectivity index (χ3v) is 6.94. The third kappa shape index (κ3) is 5.55. The van der Waals surface area contributed by atoms with Crippen LogP contribution in [0.25, 0.3) is 22.4 Å². The summed E-state index contributed by atoms with van der Waals surface area (Å²) < 4.78 is 18.9. The number of carbonyl (C=O) groups excluding carboxylic acids is 2. The van der Waals surface area contributed by atoms with Crippen molar-refractivity contribution in [3.8, 4) is 34.2 Å². The lowest BCUT2D eigenvalue weighted by Gasteiger charge is -2.27. The molecule has 2 heterocycles. The van der Waals surface area contributed by atoms with Crippen molar-refractivity contribution < 1.29 is 23.5 Å². The van der Waals surface area contributed by atoms with Gasteiger partial charge in [-0.15, -0.1) is 0 Å². The van der Waals surface area contributed by atoms with Crippen molar-refractivity contribution in [1.29, 1.82) is 5.26 Å². The lowest BCUT2D eigenvalue weighted by molar-refractivity contribution is -0.121. The number of rotatable bonds is 6. The average Bonchev–Trinajstić information content (AvgIpc) is 3.48. The number of nitrogens with zero attached hydrogens (tertiary/aromatic N) is 2. The number of phenols is 1. The van der Waals surface area contributed by atoms with E-state index in [1.165, 1.54) is 24.5 Å². The molecule has 1 aliphatic carbocycles. The van der Waals surface area contributed by atoms with Crippen molar-refractivity contribution >= 4 is 23.3 Å². The van der Waals surface area contributed by atoms with E-state index in [9.17, 15) is 24.3 Å². The summed E-state index contributed by atoms with van der Waals surface area (Å²) in [5.41, 5.74) is 8.03. The van der Waals surface area contributed by atoms with Crippen LogP contribution in [0.15, 0.2) is 71.3 Å². The van der Waals surface area contributed by atoms with Gasteiger partial charge in [-0.25, -0.2) is 9.37 Å². The molecule has 2 atom stereocenters. The third-order valence-electron chi connectivity index (χ3n) is 6.94. The number of nitrogens with two attached hydrogens (primary N) is 1. The molecular formula is C30H26FN5O4. The second kappa shape index (κ2) is 11.4. The normalized spacial score (nSPS) is 16.6. The van der Waals surface area contributed by atoms with Gasteiger partial charge in [0.15, 0.2) is 11.6 Å². The van der Waals surface area contributed by atoms with E-state index in [-0.39, 0.29) is 52.0 Å². The lowest BCUT2D eigenvalue weighted by atomic mass is 9.84. The predicted octanol–water partition coefficient (Wildman–Crippen LogP) is 5.43. The van der Waals surface area contributed by atoms with Crippen LogP contribution in [0.5, 0.6) is 5.75 Å². The molecule has 40 heavy (non-hydrogen) atoms. The van der Waals surface area contributed by atoms with Crippen molar-refractivity contribution in [3.63, 3.8) is 0 Å². The summed E-state index contributed by atoms with van der Waals surface area (Å²) in [5.74, 6) is -2.16. The van der Waals surface area contributed by atoms with E-state index in [2.05, 4.69) is 21.7 Å². The number of phenolic OH excluding ortho intramolecular Hbond substituents is 1. The monoisotopic (exact) mass is 539 g/mol. The molecule has 4 aromatic rings. The van der Waals surface area contributed by atoms with Crippen LogP contribution >= 0.6 is 0 Å². The molecule has 5 N–H and O–H groups in total. The Labute approximate surface area is 229 Å². The Morgan fingerprint density at radius 1 is 1.05 bits per heavy atom. The number of aromatic nitrogens is 1. The summed E-state index contributed by atoms with van der Waals surface area (Å²) in [5, 5.41) is 26.1. The minimum absolute atomic E-state index is 0.00732. The van der Waals surface area contributed by atoms with Gasteiger partial charge in [-0.1, -0.05) is 25.0 Å². The highest BCUT2D eigenvalue weighted by Gasteiger charge is 2.28. The predicted molar refractivity (Wildman–Crippen MR) is 147 cm³/mol. The molecule has 0 saturated heterocycles. The number of amides is 2. The highest BCUT2D eigenvalue weighted by Crippen LogP contribution is 2.37. The molecule has 202 valence electrons. The van der Waals surface area contributed by atoms with E-state index in [1.54, 1.807) is 36.4 Å². The van der Waals surface area contributed by atoms with Gasteiger partial charge < -0.3 is 25.9 Å². The first-order valence-corrected chi connectivity index (χ1v) is 12.8. The van der Waals surface area contributed by atoms with Crippen LogP contribution in [0.2, 0.25) is 0 Å². The second-order valence-electron chi connectivity index (χ2n) is 9.61. The van der Waals surface area contributed by atoms with Gasteiger partial charge in [0.25, 0.3) is 5.91 Å². The molecular weight excluding hydrogens is 513 g/mol. The van der Waals surface area contributed by atoms with E-state index in [4.69, 9.17) is 10.2 Å². The Morgan fingerprint density at radius 2 is 1.88 bits per heavy atom. The molecule has 1 saturated carbocycles. The van der Waals surface area contributed by atoms with E-state index in [0.717, 1.165) is 31.7 Å². The lowest BCUT2D eigenvalue weighted by Crippen LogP contribution is -2.40. The molecule has 0 bridgehead atoms. The molecule has 2 aromatic heterocycles. The van der Waals surface area contributed by atoms with E-state index < -0.39 is 11.7 Å². The molecule has 1 unspecified atom stereocenters. The Kier molecular flexibility index (Phi) is 7.57. The number of hydrogen-bond acceptors (Lipinski definition) is 7. The van der Waals surface area contributed by atoms with Gasteiger partial charge >= 0.3 is 0 Å². The number of hydrogen-bond donors (Lipinski definition) is 4. The van der Waals surface area contributed by atoms with Crippen molar-refractivity contribution in [2.45, 2.75) is 31.7 Å². The number of carbonyl (C=O) groups is 2. The number of nitriles is 1. The van der Waals surface area contributed by atoms with Crippen molar-refractivity contribution in [1.82, 2.24) is 4.98 Å². The average molecular weight is 540 g/mol. The van der Waals surface area contributed by atoms with Crippen LogP contribution in [0, 0.1) is 23.1 Å². The first-order chi connectivity index (χ1) is 19.3. The summed E-state index contributed by atoms with van der Waals surface area (Å²) in [6, 6.07) is 16.8. The van der Waals surface area contributed by atoms with Gasteiger partial charge in [-0.2, -0.15) is 5.26 Å². The van der Waals surface area contributed by atoms with Crippen LogP contribution < -0.4 is 16.4 Å². The highest BCUT2D eigenvalue weighted by molar-refractivity contribution is 6.03. The summed E-state index contributed by atoms with van der Waals surface area (Å²) in [6.07, 6.45) is 4.81. The largest absolute Gasteiger partial charge is 0.507 e. The number of benzene rings is 2. The number of aromatic hydroxyl groups is 1. The Balaban J connectivity index is 1.57. The molecule has 10 heteroatoms. The van der Waals surface area contributed by atoms with Gasteiger partial charge in [0.2, 0.25) is 5.91 Å². The Hall–Kier alpha value is -5.01. The van der Waals surface area contributed by atoms with E-state index in [1.807, 2.05) is 0 Å². The minimum Gasteiger partial charge on any atom is -0.507 e. The molecule has 1 fully saturated rings. The fraction of sp³-hybridized carbons (Fsp3) is 0.200. The van der Waals surface area contributed by atoms with Crippen LogP contribution in [0.4, 0.5) is 15.9 Å². The summed E-state index contributed by atoms with van der Waals surface area (Å²) in [4.78, 5) is 30.2. The number of nitrogens with one attached hydrogen (secondary N) is 2. The minimum atomic E-state index is -0.636. The SMILES string of the molecule is N#Cc1c(-c2cccc(NC(=O)[C@H]3CCCCC3N)c2)cc(-c2ccc(F)cc2O)nc1NC(=O)c1ccco1. The smallest absolute Gasteiger partial charge is 0.292 e. The molecule has 9 nitrogen and oxygen atoms in total. The molecule has 2 amide bonds. The first-order valence-electron chi connectivity index (χ1n) is 12.8. The molecule has 5 rings (SSSR count). The van der Waals surface area contributed by atoms with Gasteiger partial charge in [0.1, 0.15) is 23.2 Å². The summed E-state index contributed by atoms with van der Waals surface area (Å²) >= 11 is 0. The molecule has 0 aliphatic heterocycles. The Morgan fingerprint density at radius 3 is 2.60 bits per heavy atom. The maximum atomic E-state index is 13.7. The highest BCUT2D eigenvalue weighted by atomic mass is 19.1. The summed E-state index contributed by atoms with van der Waals surface area (Å²) in [6.45, 7) is 0. The zero-order valence-electron chi connectivity index (χ0n) is 21.4. The van der Waals surface area contributed by atoms with E-state index in [0.29, 0.717) is 16.8 Å². The van der Waals surface area contributed by atoms with Gasteiger partial charge in [0, 0.05) is 28.9 Å². The quantitative estimate of drug-likeness (QED) is 0.255. The Bertz CT molecular complexity index is 1610. The zero-order chi connectivity index (χ0) is 28.2. The molecule has 0 radical (unpaired) electrons. The maximum absolute atomic E-state index is 13.7. The van der Waals surface area contributed by atoms with Crippen molar-refractivity contribution in [3.05, 3.63) is 84.1 Å². The topological polar surface area (TPSA) is 154 Å². The van der Waals surface area contributed by atoms with Crippen molar-refractivity contribution in [2.24, 2.45) is 11.7 Å². The van der Waals surface area contributed by atoms with Crippen LogP contribution in [0.1, 0.15) is 41.8 Å². The maximum Gasteiger partial charge on any atom is 0.292 e. The molecule has 2 aromatic carbocycles. The number of furan rings is 1. The standard InChI is InChI=1S/C30H26FN5O4/c31-18-10-11-21(26(37)14-18)25-15-22(23(16-32)28(35-25)36-30(39)27-9-4-12-40-27)17-5-3-6-19(13-17)34-29(38)20-7-1-2-8-24(20)33/h3-6,9-15,20,24,37H,1-2,7-8,33H2,(H,34,38)(H,35,36,39)/t20-,24?/m0/s1. The zero-order valence-corrected chi connectivity index (χ0v) is 21.4. The molecule has 1 aliphatic rings. The fourth-order valence-electron chi connectivity index (χ4n) is 4.90. The van der Waals surface area contributed by atoms with Crippen LogP contribution in [-0.2, 0) is 4.79 Å². The van der Waals surface area contributed by atoms with Gasteiger partial charge in [-0.05, 0) is 60.9 Å². The van der Waals surface area contributed by atoms with Crippen LogP contribution in [0.3, 0.4) is 0 Å². The van der Waals surface area contributed by atoms with Gasteiger partial charge in [0.05, 0.1) is 17.9 Å². The summed E-state index contributed by atoms with van der Waals surface area (Å²) in [7, 11) is 0. The number of anilines is 2. The van der Waals surface area contributed by atoms with Gasteiger partial charge in [-0.3, -0.25) is 9.59 Å². The number of halogens is 1.